The maximum absolute atomic E-state index is 13.9. The minimum Gasteiger partial charge on any atom is -0.485 e. The molecule has 4 rings (SSSR count). The van der Waals surface area contributed by atoms with E-state index < -0.39 is 5.82 Å². The van der Waals surface area contributed by atoms with E-state index in [1.54, 1.807) is 18.3 Å². The van der Waals surface area contributed by atoms with Gasteiger partial charge in [-0.2, -0.15) is 5.10 Å². The minimum absolute atomic E-state index is 0.195. The van der Waals surface area contributed by atoms with Gasteiger partial charge in [0.25, 0.3) is 5.91 Å². The standard InChI is InChI=1S/C19H22FN3O2/c1-11-15(10-21-23(11)13-6-3-4-7-13)19(24)22-17-12(2)25-18-14(17)8-5-9-16(18)20/h5,8-10,12-13,17H,3-4,6-7H2,1-2H3,(H,22,24)/t12-,17-/m0/s1. The number of hydrogen-bond acceptors (Lipinski definition) is 3. The third-order valence-corrected chi connectivity index (χ3v) is 5.35. The molecule has 0 saturated heterocycles. The van der Waals surface area contributed by atoms with Gasteiger partial charge in [0.05, 0.1) is 23.8 Å². The first-order valence-corrected chi connectivity index (χ1v) is 8.86. The lowest BCUT2D eigenvalue weighted by Crippen LogP contribution is -2.34. The fourth-order valence-electron chi connectivity index (χ4n) is 3.98. The maximum Gasteiger partial charge on any atom is 0.255 e. The molecule has 1 amide bonds. The molecule has 2 atom stereocenters. The lowest BCUT2D eigenvalue weighted by molar-refractivity contribution is 0.0907. The van der Waals surface area contributed by atoms with Gasteiger partial charge in [-0.1, -0.05) is 25.0 Å². The highest BCUT2D eigenvalue weighted by atomic mass is 19.1. The number of rotatable bonds is 3. The Labute approximate surface area is 146 Å². The number of aromatic nitrogens is 2. The Morgan fingerprint density at radius 1 is 1.36 bits per heavy atom. The Morgan fingerprint density at radius 2 is 2.12 bits per heavy atom. The lowest BCUT2D eigenvalue weighted by Gasteiger charge is -2.17. The first kappa shape index (κ1) is 16.1. The molecule has 0 radical (unpaired) electrons. The van der Waals surface area contributed by atoms with Crippen LogP contribution in [0.3, 0.4) is 0 Å². The molecule has 5 nitrogen and oxygen atoms in total. The first-order chi connectivity index (χ1) is 12.1. The average molecular weight is 343 g/mol. The summed E-state index contributed by atoms with van der Waals surface area (Å²) in [6.07, 6.45) is 5.97. The lowest BCUT2D eigenvalue weighted by atomic mass is 10.0. The summed E-state index contributed by atoms with van der Waals surface area (Å²) < 4.78 is 21.5. The van der Waals surface area contributed by atoms with Crippen LogP contribution in [0.15, 0.2) is 24.4 Å². The molecule has 1 saturated carbocycles. The molecular weight excluding hydrogens is 321 g/mol. The number of halogens is 1. The highest BCUT2D eigenvalue weighted by Gasteiger charge is 2.35. The normalized spacial score (nSPS) is 22.7. The van der Waals surface area contributed by atoms with E-state index >= 15 is 0 Å². The Hall–Kier alpha value is -2.37. The molecule has 0 spiro atoms. The molecule has 2 aromatic rings. The summed E-state index contributed by atoms with van der Waals surface area (Å²) in [5.74, 6) is -0.357. The van der Waals surface area contributed by atoms with Crippen LogP contribution in [0.1, 0.15) is 66.3 Å². The van der Waals surface area contributed by atoms with Crippen molar-refractivity contribution in [2.24, 2.45) is 0 Å². The van der Waals surface area contributed by atoms with Gasteiger partial charge in [0.1, 0.15) is 6.10 Å². The smallest absolute Gasteiger partial charge is 0.255 e. The van der Waals surface area contributed by atoms with E-state index in [4.69, 9.17) is 4.74 Å². The number of nitrogens with zero attached hydrogens (tertiary/aromatic N) is 2. The summed E-state index contributed by atoms with van der Waals surface area (Å²) in [7, 11) is 0. The fourth-order valence-corrected chi connectivity index (χ4v) is 3.98. The minimum atomic E-state index is -0.397. The van der Waals surface area contributed by atoms with Gasteiger partial charge in [-0.15, -0.1) is 0 Å². The van der Waals surface area contributed by atoms with E-state index in [2.05, 4.69) is 10.4 Å². The van der Waals surface area contributed by atoms with E-state index in [0.717, 1.165) is 18.5 Å². The van der Waals surface area contributed by atoms with Crippen molar-refractivity contribution in [2.45, 2.75) is 57.7 Å². The molecule has 1 aromatic heterocycles. The summed E-state index contributed by atoms with van der Waals surface area (Å²) in [5.41, 5.74) is 2.14. The van der Waals surface area contributed by atoms with E-state index in [-0.39, 0.29) is 23.8 Å². The van der Waals surface area contributed by atoms with E-state index in [9.17, 15) is 9.18 Å². The zero-order chi connectivity index (χ0) is 17.6. The average Bonchev–Trinajstić information content (AvgIpc) is 3.29. The van der Waals surface area contributed by atoms with Crippen molar-refractivity contribution in [2.75, 3.05) is 0 Å². The molecule has 1 fully saturated rings. The monoisotopic (exact) mass is 343 g/mol. The number of amides is 1. The van der Waals surface area contributed by atoms with Crippen LogP contribution in [0, 0.1) is 12.7 Å². The Kier molecular flexibility index (Phi) is 3.98. The Morgan fingerprint density at radius 3 is 2.88 bits per heavy atom. The van der Waals surface area contributed by atoms with Gasteiger partial charge in [-0.05, 0) is 32.8 Å². The van der Waals surface area contributed by atoms with Crippen molar-refractivity contribution >= 4 is 5.91 Å². The Bertz CT molecular complexity index is 811. The summed E-state index contributed by atoms with van der Waals surface area (Å²) in [5, 5.41) is 7.42. The summed E-state index contributed by atoms with van der Waals surface area (Å²) >= 11 is 0. The molecule has 132 valence electrons. The van der Waals surface area contributed by atoms with Crippen LogP contribution >= 0.6 is 0 Å². The first-order valence-electron chi connectivity index (χ1n) is 8.86. The van der Waals surface area contributed by atoms with Crippen LogP contribution in [-0.2, 0) is 0 Å². The second-order valence-electron chi connectivity index (χ2n) is 6.96. The summed E-state index contributed by atoms with van der Waals surface area (Å²) in [6, 6.07) is 4.82. The van der Waals surface area contributed by atoms with Gasteiger partial charge >= 0.3 is 0 Å². The zero-order valence-electron chi connectivity index (χ0n) is 14.5. The highest BCUT2D eigenvalue weighted by Crippen LogP contribution is 2.38. The number of benzene rings is 1. The van der Waals surface area contributed by atoms with Crippen LogP contribution in [-0.4, -0.2) is 21.8 Å². The van der Waals surface area contributed by atoms with Crippen molar-refractivity contribution in [1.82, 2.24) is 15.1 Å². The van der Waals surface area contributed by atoms with Crippen LogP contribution in [0.25, 0.3) is 0 Å². The molecule has 0 bridgehead atoms. The predicted octanol–water partition coefficient (Wildman–Crippen LogP) is 3.70. The quantitative estimate of drug-likeness (QED) is 0.924. The number of para-hydroxylation sites is 1. The SMILES string of the molecule is Cc1c(C(=O)N[C@@H]2c3cccc(F)c3O[C@H]2C)cnn1C1CCCC1. The summed E-state index contributed by atoms with van der Waals surface area (Å²) in [6.45, 7) is 3.77. The third kappa shape index (κ3) is 2.69. The number of carbonyl (C=O) groups excluding carboxylic acids is 1. The van der Waals surface area contributed by atoms with Crippen LogP contribution < -0.4 is 10.1 Å². The molecule has 2 heterocycles. The molecule has 0 unspecified atom stereocenters. The van der Waals surface area contributed by atoms with Gasteiger partial charge in [0, 0.05) is 11.3 Å². The molecule has 1 N–H and O–H groups in total. The van der Waals surface area contributed by atoms with E-state index in [1.807, 2.05) is 18.5 Å². The largest absolute Gasteiger partial charge is 0.485 e. The highest BCUT2D eigenvalue weighted by molar-refractivity contribution is 5.95. The van der Waals surface area contributed by atoms with Crippen LogP contribution in [0.5, 0.6) is 5.75 Å². The maximum atomic E-state index is 13.9. The second-order valence-corrected chi connectivity index (χ2v) is 6.96. The molecule has 2 aliphatic rings. The summed E-state index contributed by atoms with van der Waals surface area (Å²) in [4.78, 5) is 12.8. The van der Waals surface area contributed by atoms with Gasteiger partial charge in [-0.3, -0.25) is 9.48 Å². The van der Waals surface area contributed by atoms with Gasteiger partial charge in [0.2, 0.25) is 0 Å². The van der Waals surface area contributed by atoms with Crippen molar-refractivity contribution in [3.05, 3.63) is 47.0 Å². The Balaban J connectivity index is 1.56. The number of nitrogens with one attached hydrogen (secondary N) is 1. The van der Waals surface area contributed by atoms with Gasteiger partial charge in [0.15, 0.2) is 11.6 Å². The topological polar surface area (TPSA) is 56.1 Å². The number of hydrogen-bond donors (Lipinski definition) is 1. The molecule has 25 heavy (non-hydrogen) atoms. The molecule has 6 heteroatoms. The van der Waals surface area contributed by atoms with Crippen LogP contribution in [0.4, 0.5) is 4.39 Å². The molecular formula is C19H22FN3O2. The number of carbonyl (C=O) groups is 1. The van der Waals surface area contributed by atoms with Crippen molar-refractivity contribution < 1.29 is 13.9 Å². The van der Waals surface area contributed by atoms with Gasteiger partial charge in [-0.25, -0.2) is 4.39 Å². The van der Waals surface area contributed by atoms with Crippen molar-refractivity contribution in [3.63, 3.8) is 0 Å². The van der Waals surface area contributed by atoms with E-state index in [0.29, 0.717) is 17.2 Å². The predicted molar refractivity (Wildman–Crippen MR) is 91.2 cm³/mol. The third-order valence-electron chi connectivity index (χ3n) is 5.35. The zero-order valence-corrected chi connectivity index (χ0v) is 14.5. The van der Waals surface area contributed by atoms with Crippen molar-refractivity contribution in [3.8, 4) is 5.75 Å². The number of fused-ring (bicyclic) bond motifs is 1. The molecule has 1 aliphatic carbocycles. The van der Waals surface area contributed by atoms with Crippen LogP contribution in [0.2, 0.25) is 0 Å². The molecule has 1 aliphatic heterocycles. The molecule has 1 aromatic carbocycles. The fraction of sp³-hybridized carbons (Fsp3) is 0.474. The van der Waals surface area contributed by atoms with Crippen molar-refractivity contribution in [1.29, 1.82) is 0 Å². The van der Waals surface area contributed by atoms with Gasteiger partial charge < -0.3 is 10.1 Å². The second kappa shape index (κ2) is 6.17. The number of ether oxygens (including phenoxy) is 1. The van der Waals surface area contributed by atoms with E-state index in [1.165, 1.54) is 18.9 Å².